The molecule has 0 aromatic heterocycles. The topological polar surface area (TPSA) is 38.8 Å². The van der Waals surface area contributed by atoms with Crippen molar-refractivity contribution in [1.82, 2.24) is 0 Å². The summed E-state index contributed by atoms with van der Waals surface area (Å²) in [6.07, 6.45) is 3.71. The van der Waals surface area contributed by atoms with Crippen LogP contribution in [0, 0.1) is 0 Å². The molecule has 3 nitrogen and oxygen atoms in total. The lowest BCUT2D eigenvalue weighted by Gasteiger charge is -2.09. The fourth-order valence-corrected chi connectivity index (χ4v) is 1.53. The average Bonchev–Trinajstić information content (AvgIpc) is 2.70. The van der Waals surface area contributed by atoms with Crippen LogP contribution >= 0.6 is 0 Å². The first kappa shape index (κ1) is 6.85. The van der Waals surface area contributed by atoms with E-state index in [0.29, 0.717) is 6.10 Å². The van der Waals surface area contributed by atoms with Gasteiger partial charge in [0.05, 0.1) is 6.10 Å². The Bertz CT molecular complexity index is 200. The molecule has 3 atom stereocenters. The highest BCUT2D eigenvalue weighted by atomic mass is 16.6. The Balaban J connectivity index is 1.86. The summed E-state index contributed by atoms with van der Waals surface area (Å²) < 4.78 is 10.2. The smallest absolute Gasteiger partial charge is 0.330 e. The third kappa shape index (κ3) is 1.16. The molecule has 0 amide bonds. The van der Waals surface area contributed by atoms with E-state index in [2.05, 4.69) is 6.58 Å². The Labute approximate surface area is 65.0 Å². The van der Waals surface area contributed by atoms with Gasteiger partial charge in [0.25, 0.3) is 0 Å². The van der Waals surface area contributed by atoms with Crippen molar-refractivity contribution in [3.8, 4) is 0 Å². The number of carbonyl (C=O) groups excluding carboxylic acids is 1. The van der Waals surface area contributed by atoms with Crippen LogP contribution in [-0.4, -0.2) is 24.3 Å². The fraction of sp³-hybridized carbons (Fsp3) is 0.625. The van der Waals surface area contributed by atoms with Crippen molar-refractivity contribution in [1.29, 1.82) is 0 Å². The molecule has 1 aliphatic carbocycles. The van der Waals surface area contributed by atoms with Crippen molar-refractivity contribution in [3.63, 3.8) is 0 Å². The van der Waals surface area contributed by atoms with Gasteiger partial charge in [0.2, 0.25) is 0 Å². The molecule has 1 heterocycles. The van der Waals surface area contributed by atoms with E-state index in [1.54, 1.807) is 0 Å². The number of rotatable bonds is 2. The number of hydrogen-bond acceptors (Lipinski definition) is 3. The Morgan fingerprint density at radius 1 is 1.64 bits per heavy atom. The maximum Gasteiger partial charge on any atom is 0.330 e. The first-order valence-corrected chi connectivity index (χ1v) is 3.80. The minimum absolute atomic E-state index is 0.00880. The summed E-state index contributed by atoms with van der Waals surface area (Å²) in [5.41, 5.74) is 0. The molecule has 1 aliphatic heterocycles. The lowest BCUT2D eigenvalue weighted by molar-refractivity contribution is -0.144. The highest BCUT2D eigenvalue weighted by molar-refractivity contribution is 5.81. The second-order valence-corrected chi connectivity index (χ2v) is 2.90. The summed E-state index contributed by atoms with van der Waals surface area (Å²) in [4.78, 5) is 10.7. The first-order chi connectivity index (χ1) is 5.31. The van der Waals surface area contributed by atoms with Crippen LogP contribution in [0.5, 0.6) is 0 Å². The predicted molar refractivity (Wildman–Crippen MR) is 38.0 cm³/mol. The fourth-order valence-electron chi connectivity index (χ4n) is 1.53. The lowest BCUT2D eigenvalue weighted by atomic mass is 10.3. The highest BCUT2D eigenvalue weighted by Crippen LogP contribution is 2.40. The van der Waals surface area contributed by atoms with Crippen LogP contribution in [0.3, 0.4) is 0 Å². The normalized spacial score (nSPS) is 39.5. The van der Waals surface area contributed by atoms with Crippen LogP contribution in [0.25, 0.3) is 0 Å². The lowest BCUT2D eigenvalue weighted by Crippen LogP contribution is -2.19. The third-order valence-corrected chi connectivity index (χ3v) is 2.16. The van der Waals surface area contributed by atoms with Crippen molar-refractivity contribution >= 4 is 5.97 Å². The second kappa shape index (κ2) is 2.34. The van der Waals surface area contributed by atoms with Gasteiger partial charge in [0.1, 0.15) is 12.2 Å². The van der Waals surface area contributed by atoms with Gasteiger partial charge in [-0.25, -0.2) is 4.79 Å². The first-order valence-electron chi connectivity index (χ1n) is 3.80. The summed E-state index contributed by atoms with van der Waals surface area (Å²) >= 11 is 0. The van der Waals surface area contributed by atoms with Gasteiger partial charge in [-0.3, -0.25) is 0 Å². The molecule has 1 saturated heterocycles. The number of fused-ring (bicyclic) bond motifs is 1. The molecule has 2 rings (SSSR count). The molecule has 0 bridgehead atoms. The molecular weight excluding hydrogens is 144 g/mol. The van der Waals surface area contributed by atoms with E-state index < -0.39 is 0 Å². The van der Waals surface area contributed by atoms with Crippen molar-refractivity contribution < 1.29 is 14.3 Å². The van der Waals surface area contributed by atoms with Gasteiger partial charge in [-0.2, -0.15) is 0 Å². The van der Waals surface area contributed by atoms with Gasteiger partial charge in [-0.05, 0) is 12.8 Å². The number of hydrogen-bond donors (Lipinski definition) is 0. The van der Waals surface area contributed by atoms with Crippen LogP contribution in [0.1, 0.15) is 12.8 Å². The van der Waals surface area contributed by atoms with Crippen molar-refractivity contribution in [3.05, 3.63) is 12.7 Å². The van der Waals surface area contributed by atoms with E-state index in [-0.39, 0.29) is 18.2 Å². The molecule has 0 aromatic rings. The van der Waals surface area contributed by atoms with E-state index in [4.69, 9.17) is 9.47 Å². The maximum absolute atomic E-state index is 10.7. The number of ether oxygens (including phenoxy) is 2. The standard InChI is InChI=1S/C8H10O3/c1-2-7(9)10-5-3-4-6-8(5)11-6/h2,5-6,8H,1,3-4H2. The van der Waals surface area contributed by atoms with E-state index >= 15 is 0 Å². The minimum Gasteiger partial charge on any atom is -0.456 e. The molecule has 60 valence electrons. The zero-order valence-corrected chi connectivity index (χ0v) is 6.16. The molecule has 0 aromatic carbocycles. The largest absolute Gasteiger partial charge is 0.456 e. The molecule has 11 heavy (non-hydrogen) atoms. The molecule has 2 aliphatic rings. The Kier molecular flexibility index (Phi) is 1.46. The SMILES string of the molecule is C=CC(=O)OC1CCC2OC12. The van der Waals surface area contributed by atoms with Crippen molar-refractivity contribution in [2.24, 2.45) is 0 Å². The van der Waals surface area contributed by atoms with Crippen LogP contribution < -0.4 is 0 Å². The number of esters is 1. The van der Waals surface area contributed by atoms with Gasteiger partial charge in [0.15, 0.2) is 0 Å². The molecule has 1 saturated carbocycles. The summed E-state index contributed by atoms with van der Waals surface area (Å²) in [7, 11) is 0. The average molecular weight is 154 g/mol. The minimum atomic E-state index is -0.342. The summed E-state index contributed by atoms with van der Waals surface area (Å²) in [5, 5.41) is 0. The van der Waals surface area contributed by atoms with E-state index in [0.717, 1.165) is 12.8 Å². The van der Waals surface area contributed by atoms with Crippen LogP contribution in [0.15, 0.2) is 12.7 Å². The zero-order valence-electron chi connectivity index (χ0n) is 6.16. The number of epoxide rings is 1. The molecular formula is C8H10O3. The number of carbonyl (C=O) groups is 1. The van der Waals surface area contributed by atoms with E-state index in [9.17, 15) is 4.79 Å². The van der Waals surface area contributed by atoms with Gasteiger partial charge in [0, 0.05) is 6.08 Å². The quantitative estimate of drug-likeness (QED) is 0.333. The Hall–Kier alpha value is -0.830. The molecule has 2 fully saturated rings. The van der Waals surface area contributed by atoms with Crippen LogP contribution in [0.4, 0.5) is 0 Å². The van der Waals surface area contributed by atoms with Gasteiger partial charge in [-0.15, -0.1) is 0 Å². The van der Waals surface area contributed by atoms with Crippen molar-refractivity contribution in [2.75, 3.05) is 0 Å². The molecule has 0 spiro atoms. The van der Waals surface area contributed by atoms with Crippen molar-refractivity contribution in [2.45, 2.75) is 31.2 Å². The van der Waals surface area contributed by atoms with Crippen LogP contribution in [0.2, 0.25) is 0 Å². The molecule has 3 heteroatoms. The summed E-state index contributed by atoms with van der Waals surface area (Å²) in [6, 6.07) is 0. The maximum atomic E-state index is 10.7. The Morgan fingerprint density at radius 3 is 2.91 bits per heavy atom. The molecule has 3 unspecified atom stereocenters. The Morgan fingerprint density at radius 2 is 2.45 bits per heavy atom. The highest BCUT2D eigenvalue weighted by Gasteiger charge is 2.52. The van der Waals surface area contributed by atoms with Gasteiger partial charge < -0.3 is 9.47 Å². The molecule has 0 radical (unpaired) electrons. The monoisotopic (exact) mass is 154 g/mol. The van der Waals surface area contributed by atoms with Crippen LogP contribution in [-0.2, 0) is 14.3 Å². The van der Waals surface area contributed by atoms with Gasteiger partial charge >= 0.3 is 5.97 Å². The van der Waals surface area contributed by atoms with E-state index in [1.807, 2.05) is 0 Å². The zero-order chi connectivity index (χ0) is 7.84. The second-order valence-electron chi connectivity index (χ2n) is 2.90. The predicted octanol–water partition coefficient (Wildman–Crippen LogP) is 0.645. The summed E-state index contributed by atoms with van der Waals surface area (Å²) in [5.74, 6) is -0.342. The molecule has 0 N–H and O–H groups in total. The van der Waals surface area contributed by atoms with Gasteiger partial charge in [-0.1, -0.05) is 6.58 Å². The summed E-state index contributed by atoms with van der Waals surface area (Å²) in [6.45, 7) is 3.33. The third-order valence-electron chi connectivity index (χ3n) is 2.16. The van der Waals surface area contributed by atoms with E-state index in [1.165, 1.54) is 6.08 Å².